The van der Waals surface area contributed by atoms with Gasteiger partial charge < -0.3 is 5.32 Å². The lowest BCUT2D eigenvalue weighted by atomic mass is 9.90. The second-order valence-corrected chi connectivity index (χ2v) is 6.70. The zero-order valence-corrected chi connectivity index (χ0v) is 14.2. The predicted molar refractivity (Wildman–Crippen MR) is 95.2 cm³/mol. The van der Waals surface area contributed by atoms with Gasteiger partial charge in [0.25, 0.3) is 17.5 Å². The number of hydrogen-bond donors (Lipinski definition) is 1. The summed E-state index contributed by atoms with van der Waals surface area (Å²) in [5.41, 5.74) is -1.22. The Bertz CT molecular complexity index is 1120. The summed E-state index contributed by atoms with van der Waals surface area (Å²) in [7, 11) is 0. The second kappa shape index (κ2) is 5.73. The number of nitrogens with one attached hydrogen (secondary N) is 1. The summed E-state index contributed by atoms with van der Waals surface area (Å²) in [6.07, 6.45) is 0.202. The van der Waals surface area contributed by atoms with Crippen molar-refractivity contribution in [2.24, 2.45) is 0 Å². The molecule has 0 saturated heterocycles. The molecule has 1 N–H and O–H groups in total. The van der Waals surface area contributed by atoms with Crippen molar-refractivity contribution in [3.63, 3.8) is 0 Å². The second-order valence-electron chi connectivity index (χ2n) is 6.70. The topological polar surface area (TPSA) is 94.2 Å². The van der Waals surface area contributed by atoms with Crippen LogP contribution in [-0.2, 0) is 6.42 Å². The largest absolute Gasteiger partial charge is 0.336 e. The zero-order chi connectivity index (χ0) is 19.3. The molecule has 2 aromatic carbocycles. The molecule has 1 amide bonds. The first-order valence-electron chi connectivity index (χ1n) is 8.21. The average molecular weight is 367 g/mol. The molecule has 0 saturated carbocycles. The molecule has 2 heterocycles. The van der Waals surface area contributed by atoms with E-state index in [1.807, 2.05) is 30.3 Å². The maximum atomic E-state index is 14.5. The molecule has 0 fully saturated rings. The molecule has 7 nitrogen and oxygen atoms in total. The van der Waals surface area contributed by atoms with Crippen molar-refractivity contribution in [1.29, 1.82) is 0 Å². The Morgan fingerprint density at radius 1 is 1.19 bits per heavy atom. The highest BCUT2D eigenvalue weighted by atomic mass is 19.1. The van der Waals surface area contributed by atoms with Crippen molar-refractivity contribution in [1.82, 2.24) is 9.88 Å². The molecule has 27 heavy (non-hydrogen) atoms. The van der Waals surface area contributed by atoms with Crippen LogP contribution in [0.15, 0.2) is 48.5 Å². The minimum Gasteiger partial charge on any atom is -0.336 e. The quantitative estimate of drug-likeness (QED) is 0.569. The Balaban J connectivity index is 1.92. The summed E-state index contributed by atoms with van der Waals surface area (Å²) in [6, 6.07) is 12.2. The van der Waals surface area contributed by atoms with Crippen LogP contribution in [0.5, 0.6) is 0 Å². The molecule has 136 valence electrons. The van der Waals surface area contributed by atoms with E-state index in [4.69, 9.17) is 0 Å². The number of carbonyl (C=O) groups excluding carboxylic acids is 2. The van der Waals surface area contributed by atoms with Crippen LogP contribution >= 0.6 is 0 Å². The van der Waals surface area contributed by atoms with Crippen LogP contribution in [0.1, 0.15) is 27.8 Å². The number of non-ortho nitro benzene ring substituents is 1. The van der Waals surface area contributed by atoms with Crippen molar-refractivity contribution in [3.05, 3.63) is 75.7 Å². The number of nitrogens with zero attached hydrogens (tertiary/aromatic N) is 2. The summed E-state index contributed by atoms with van der Waals surface area (Å²) >= 11 is 0. The van der Waals surface area contributed by atoms with Crippen LogP contribution in [0.4, 0.5) is 10.1 Å². The molecule has 8 heteroatoms. The van der Waals surface area contributed by atoms with E-state index in [9.17, 15) is 24.1 Å². The molecule has 0 bridgehead atoms. The highest BCUT2D eigenvalue weighted by molar-refractivity contribution is 6.13. The Hall–Kier alpha value is -3.55. The van der Waals surface area contributed by atoms with E-state index in [0.29, 0.717) is 0 Å². The number of carbonyl (C=O) groups is 2. The highest BCUT2D eigenvalue weighted by Crippen LogP contribution is 2.34. The third kappa shape index (κ3) is 2.49. The molecule has 1 aliphatic heterocycles. The highest BCUT2D eigenvalue weighted by Gasteiger charge is 2.44. The van der Waals surface area contributed by atoms with Gasteiger partial charge in [0.1, 0.15) is 17.1 Å². The first-order valence-corrected chi connectivity index (χ1v) is 8.21. The maximum absolute atomic E-state index is 14.5. The van der Waals surface area contributed by atoms with Crippen LogP contribution in [-0.4, -0.2) is 26.8 Å². The molecular formula is C19H14FN3O4. The van der Waals surface area contributed by atoms with Gasteiger partial charge in [0.05, 0.1) is 15.8 Å². The number of rotatable bonds is 3. The van der Waals surface area contributed by atoms with Crippen LogP contribution < -0.4 is 5.32 Å². The van der Waals surface area contributed by atoms with E-state index in [0.717, 1.165) is 22.3 Å². The fourth-order valence-corrected chi connectivity index (χ4v) is 3.54. The minimum absolute atomic E-state index is 0.0811. The summed E-state index contributed by atoms with van der Waals surface area (Å²) < 4.78 is 15.5. The molecule has 4 rings (SSSR count). The number of amides is 1. The lowest BCUT2D eigenvalue weighted by molar-refractivity contribution is -0.383. The third-order valence-corrected chi connectivity index (χ3v) is 4.78. The molecule has 0 radical (unpaired) electrons. The summed E-state index contributed by atoms with van der Waals surface area (Å²) in [5.74, 6) is -1.93. The van der Waals surface area contributed by atoms with E-state index in [1.54, 1.807) is 6.92 Å². The summed E-state index contributed by atoms with van der Waals surface area (Å²) in [6.45, 7) is 1.56. The van der Waals surface area contributed by atoms with Crippen LogP contribution in [0, 0.1) is 15.9 Å². The molecule has 0 aliphatic carbocycles. The van der Waals surface area contributed by atoms with Crippen molar-refractivity contribution in [3.8, 4) is 0 Å². The van der Waals surface area contributed by atoms with Crippen LogP contribution in [0.25, 0.3) is 10.9 Å². The molecule has 1 aliphatic rings. The lowest BCUT2D eigenvalue weighted by Crippen LogP contribution is -2.60. The number of halogens is 1. The molecule has 1 atom stereocenters. The van der Waals surface area contributed by atoms with Gasteiger partial charge in [-0.15, -0.1) is 0 Å². The van der Waals surface area contributed by atoms with Crippen molar-refractivity contribution >= 4 is 28.4 Å². The Morgan fingerprint density at radius 2 is 1.89 bits per heavy atom. The van der Waals surface area contributed by atoms with Crippen molar-refractivity contribution < 1.29 is 18.9 Å². The van der Waals surface area contributed by atoms with Crippen molar-refractivity contribution in [2.45, 2.75) is 18.9 Å². The maximum Gasteiger partial charge on any atom is 0.279 e. The van der Waals surface area contributed by atoms with Gasteiger partial charge in [0.2, 0.25) is 0 Å². The Labute approximate surface area is 152 Å². The summed E-state index contributed by atoms with van der Waals surface area (Å²) in [5, 5.41) is 13.9. The van der Waals surface area contributed by atoms with E-state index >= 15 is 0 Å². The van der Waals surface area contributed by atoms with Gasteiger partial charge in [-0.1, -0.05) is 30.3 Å². The molecule has 3 aromatic rings. The monoisotopic (exact) mass is 367 g/mol. The first-order chi connectivity index (χ1) is 12.8. The predicted octanol–water partition coefficient (Wildman–Crippen LogP) is 3.07. The number of aromatic nitrogens is 1. The molecular weight excluding hydrogens is 353 g/mol. The molecule has 1 unspecified atom stereocenters. The van der Waals surface area contributed by atoms with Gasteiger partial charge in [0, 0.05) is 12.5 Å². The number of benzene rings is 2. The number of nitro benzene ring substituents is 1. The lowest BCUT2D eigenvalue weighted by Gasteiger charge is -2.34. The number of nitro groups is 1. The minimum atomic E-state index is -1.31. The van der Waals surface area contributed by atoms with E-state index in [1.165, 1.54) is 6.07 Å². The third-order valence-electron chi connectivity index (χ3n) is 4.78. The fourth-order valence-electron chi connectivity index (χ4n) is 3.54. The van der Waals surface area contributed by atoms with Crippen molar-refractivity contribution in [2.75, 3.05) is 0 Å². The van der Waals surface area contributed by atoms with E-state index in [2.05, 4.69) is 5.32 Å². The fraction of sp³-hybridized carbons (Fsp3) is 0.158. The van der Waals surface area contributed by atoms with E-state index < -0.39 is 28.1 Å². The van der Waals surface area contributed by atoms with Gasteiger partial charge in [-0.25, -0.2) is 4.39 Å². The number of hydrogen-bond acceptors (Lipinski definition) is 4. The van der Waals surface area contributed by atoms with Gasteiger partial charge in [-0.2, -0.15) is 0 Å². The Morgan fingerprint density at radius 3 is 2.56 bits per heavy atom. The standard InChI is InChI=1S/C19H14FN3O4/c1-19(10-11-5-3-2-4-6-11)18(25)22-15(17(24)21-19)9-12-14(23(26)27)8-7-13(20)16(12)22/h2-9H,10H2,1H3,(H,21,24). The number of fused-ring (bicyclic) bond motifs is 3. The van der Waals surface area contributed by atoms with Gasteiger partial charge >= 0.3 is 0 Å². The normalized spacial score (nSPS) is 19.0. The SMILES string of the molecule is CC1(Cc2ccccc2)NC(=O)c2cc3c([N+](=O)[O-])ccc(F)c3n2C1=O. The summed E-state index contributed by atoms with van der Waals surface area (Å²) in [4.78, 5) is 36.4. The van der Waals surface area contributed by atoms with Gasteiger partial charge in [-0.3, -0.25) is 24.3 Å². The Kier molecular flexibility index (Phi) is 3.59. The molecule has 0 spiro atoms. The molecule has 1 aromatic heterocycles. The average Bonchev–Trinajstić information content (AvgIpc) is 3.02. The smallest absolute Gasteiger partial charge is 0.279 e. The van der Waals surface area contributed by atoms with Crippen LogP contribution in [0.3, 0.4) is 0 Å². The zero-order valence-electron chi connectivity index (χ0n) is 14.2. The van der Waals surface area contributed by atoms with Crippen LogP contribution in [0.2, 0.25) is 0 Å². The van der Waals surface area contributed by atoms with Gasteiger partial charge in [-0.05, 0) is 24.6 Å². The first kappa shape index (κ1) is 16.9. The van der Waals surface area contributed by atoms with Gasteiger partial charge in [0.15, 0.2) is 0 Å². The van der Waals surface area contributed by atoms with E-state index in [-0.39, 0.29) is 28.7 Å².